The molecule has 0 aromatic heterocycles. The van der Waals surface area contributed by atoms with Gasteiger partial charge < -0.3 is 20.7 Å². The number of methoxy groups -OCH3 is 1. The summed E-state index contributed by atoms with van der Waals surface area (Å²) in [6, 6.07) is 10.9. The number of benzene rings is 1. The van der Waals surface area contributed by atoms with E-state index < -0.39 is 0 Å². The van der Waals surface area contributed by atoms with E-state index in [1.807, 2.05) is 0 Å². The summed E-state index contributed by atoms with van der Waals surface area (Å²) in [5.74, 6) is 0.812. The van der Waals surface area contributed by atoms with E-state index in [4.69, 9.17) is 4.74 Å². The number of hydrogen-bond acceptors (Lipinski definition) is 3. The standard InChI is InChI=1S/C19H34N4O.HI/c1-6-19(7-2,15-22-18(20-4)21-13-14-24-5)23-16(3)17-11-9-8-10-12-17;/h8-12,16,23H,6-7,13-15H2,1-5H3,(H2,20,21,22);1H. The maximum Gasteiger partial charge on any atom is 0.191 e. The fourth-order valence-electron chi connectivity index (χ4n) is 2.78. The van der Waals surface area contributed by atoms with Crippen LogP contribution in [-0.4, -0.2) is 45.4 Å². The van der Waals surface area contributed by atoms with Crippen molar-refractivity contribution in [1.82, 2.24) is 16.0 Å². The number of aliphatic imine (C=N–C) groups is 1. The van der Waals surface area contributed by atoms with E-state index in [0.29, 0.717) is 12.6 Å². The first kappa shape index (κ1) is 24.1. The normalized spacial score (nSPS) is 13.1. The first-order valence-corrected chi connectivity index (χ1v) is 8.87. The van der Waals surface area contributed by atoms with Gasteiger partial charge in [0.2, 0.25) is 0 Å². The summed E-state index contributed by atoms with van der Waals surface area (Å²) in [6.45, 7) is 8.92. The average Bonchev–Trinajstić information content (AvgIpc) is 2.64. The molecule has 0 aliphatic rings. The minimum absolute atomic E-state index is 0. The minimum atomic E-state index is 0. The molecule has 0 aliphatic heterocycles. The highest BCUT2D eigenvalue weighted by Crippen LogP contribution is 2.21. The molecule has 0 amide bonds. The molecular weight excluding hydrogens is 427 g/mol. The van der Waals surface area contributed by atoms with Crippen LogP contribution in [0.3, 0.4) is 0 Å². The molecule has 0 fully saturated rings. The highest BCUT2D eigenvalue weighted by Gasteiger charge is 2.28. The lowest BCUT2D eigenvalue weighted by molar-refractivity contribution is 0.203. The molecule has 1 rings (SSSR count). The minimum Gasteiger partial charge on any atom is -0.383 e. The van der Waals surface area contributed by atoms with E-state index in [1.165, 1.54) is 5.56 Å². The van der Waals surface area contributed by atoms with Gasteiger partial charge in [-0.1, -0.05) is 44.2 Å². The summed E-state index contributed by atoms with van der Waals surface area (Å²) in [5.41, 5.74) is 1.33. The number of nitrogens with one attached hydrogen (secondary N) is 3. The Balaban J connectivity index is 0.00000576. The highest BCUT2D eigenvalue weighted by molar-refractivity contribution is 14.0. The molecule has 1 unspecified atom stereocenters. The Morgan fingerprint density at radius 3 is 2.32 bits per heavy atom. The first-order valence-electron chi connectivity index (χ1n) is 8.87. The third kappa shape index (κ3) is 8.37. The predicted octanol–water partition coefficient (Wildman–Crippen LogP) is 3.33. The number of rotatable bonds is 10. The summed E-state index contributed by atoms with van der Waals surface area (Å²) >= 11 is 0. The molecule has 0 bridgehead atoms. The van der Waals surface area contributed by atoms with E-state index in [0.717, 1.165) is 31.9 Å². The predicted molar refractivity (Wildman–Crippen MR) is 118 cm³/mol. The van der Waals surface area contributed by atoms with Gasteiger partial charge in [-0.2, -0.15) is 0 Å². The van der Waals surface area contributed by atoms with Crippen LogP contribution in [0.5, 0.6) is 0 Å². The van der Waals surface area contributed by atoms with Gasteiger partial charge in [0.15, 0.2) is 5.96 Å². The zero-order valence-electron chi connectivity index (χ0n) is 16.3. The lowest BCUT2D eigenvalue weighted by Crippen LogP contribution is -2.55. The fourth-order valence-corrected chi connectivity index (χ4v) is 2.78. The van der Waals surface area contributed by atoms with Crippen molar-refractivity contribution in [2.75, 3.05) is 33.9 Å². The largest absolute Gasteiger partial charge is 0.383 e. The van der Waals surface area contributed by atoms with E-state index in [-0.39, 0.29) is 29.5 Å². The van der Waals surface area contributed by atoms with Crippen LogP contribution in [0.4, 0.5) is 0 Å². The monoisotopic (exact) mass is 462 g/mol. The first-order chi connectivity index (χ1) is 11.6. The van der Waals surface area contributed by atoms with Crippen LogP contribution in [-0.2, 0) is 4.74 Å². The van der Waals surface area contributed by atoms with Gasteiger partial charge in [-0.15, -0.1) is 24.0 Å². The van der Waals surface area contributed by atoms with Crippen LogP contribution in [0.2, 0.25) is 0 Å². The van der Waals surface area contributed by atoms with Gasteiger partial charge in [-0.3, -0.25) is 4.99 Å². The quantitative estimate of drug-likeness (QED) is 0.216. The van der Waals surface area contributed by atoms with E-state index in [9.17, 15) is 0 Å². The molecule has 5 nitrogen and oxygen atoms in total. The van der Waals surface area contributed by atoms with Crippen molar-refractivity contribution in [2.45, 2.75) is 45.2 Å². The Morgan fingerprint density at radius 1 is 1.16 bits per heavy atom. The molecule has 0 radical (unpaired) electrons. The van der Waals surface area contributed by atoms with Gasteiger partial charge in [0, 0.05) is 38.8 Å². The fraction of sp³-hybridized carbons (Fsp3) is 0.632. The second kappa shape index (κ2) is 13.4. The third-order valence-corrected chi connectivity index (χ3v) is 4.59. The second-order valence-corrected chi connectivity index (χ2v) is 6.11. The zero-order chi connectivity index (χ0) is 17.8. The van der Waals surface area contributed by atoms with Crippen molar-refractivity contribution in [3.8, 4) is 0 Å². The van der Waals surface area contributed by atoms with Crippen LogP contribution in [0.25, 0.3) is 0 Å². The van der Waals surface area contributed by atoms with E-state index in [2.05, 4.69) is 72.0 Å². The molecule has 3 N–H and O–H groups in total. The van der Waals surface area contributed by atoms with Crippen molar-refractivity contribution in [1.29, 1.82) is 0 Å². The van der Waals surface area contributed by atoms with Gasteiger partial charge in [-0.05, 0) is 25.3 Å². The maximum absolute atomic E-state index is 5.07. The van der Waals surface area contributed by atoms with Crippen LogP contribution in [0, 0.1) is 0 Å². The SMILES string of the molecule is CCC(CC)(CNC(=NC)NCCOC)NC(C)c1ccccc1.I. The van der Waals surface area contributed by atoms with Gasteiger partial charge in [0.25, 0.3) is 0 Å². The Bertz CT molecular complexity index is 478. The molecular formula is C19H35IN4O. The van der Waals surface area contributed by atoms with Crippen LogP contribution < -0.4 is 16.0 Å². The van der Waals surface area contributed by atoms with Crippen molar-refractivity contribution >= 4 is 29.9 Å². The number of hydrogen-bond donors (Lipinski definition) is 3. The van der Waals surface area contributed by atoms with Gasteiger partial charge in [0.1, 0.15) is 0 Å². The highest BCUT2D eigenvalue weighted by atomic mass is 127. The van der Waals surface area contributed by atoms with Gasteiger partial charge >= 0.3 is 0 Å². The lowest BCUT2D eigenvalue weighted by Gasteiger charge is -2.37. The van der Waals surface area contributed by atoms with Gasteiger partial charge in [0.05, 0.1) is 6.61 Å². The third-order valence-electron chi connectivity index (χ3n) is 4.59. The van der Waals surface area contributed by atoms with Crippen LogP contribution in [0.15, 0.2) is 35.3 Å². The summed E-state index contributed by atoms with van der Waals surface area (Å²) < 4.78 is 5.07. The molecule has 0 aliphatic carbocycles. The summed E-state index contributed by atoms with van der Waals surface area (Å²) in [5, 5.41) is 10.5. The molecule has 144 valence electrons. The Morgan fingerprint density at radius 2 is 1.80 bits per heavy atom. The van der Waals surface area contributed by atoms with E-state index in [1.54, 1.807) is 14.2 Å². The average molecular weight is 462 g/mol. The molecule has 0 heterocycles. The van der Waals surface area contributed by atoms with Crippen molar-refractivity contribution in [3.63, 3.8) is 0 Å². The maximum atomic E-state index is 5.07. The summed E-state index contributed by atoms with van der Waals surface area (Å²) in [4.78, 5) is 4.28. The molecule has 1 aromatic rings. The Kier molecular flexibility index (Phi) is 12.9. The van der Waals surface area contributed by atoms with Gasteiger partial charge in [-0.25, -0.2) is 0 Å². The van der Waals surface area contributed by atoms with Crippen molar-refractivity contribution in [3.05, 3.63) is 35.9 Å². The lowest BCUT2D eigenvalue weighted by atomic mass is 9.90. The molecule has 1 atom stereocenters. The molecule has 0 saturated heterocycles. The number of ether oxygens (including phenoxy) is 1. The van der Waals surface area contributed by atoms with Crippen LogP contribution in [0.1, 0.15) is 45.2 Å². The molecule has 0 saturated carbocycles. The number of halogens is 1. The Labute approximate surface area is 170 Å². The van der Waals surface area contributed by atoms with Crippen molar-refractivity contribution < 1.29 is 4.74 Å². The summed E-state index contributed by atoms with van der Waals surface area (Å²) in [7, 11) is 3.49. The molecule has 6 heteroatoms. The van der Waals surface area contributed by atoms with Crippen molar-refractivity contribution in [2.24, 2.45) is 4.99 Å². The molecule has 0 spiro atoms. The number of nitrogens with zero attached hydrogens (tertiary/aromatic N) is 1. The molecule has 1 aromatic carbocycles. The second-order valence-electron chi connectivity index (χ2n) is 6.11. The van der Waals surface area contributed by atoms with Crippen LogP contribution >= 0.6 is 24.0 Å². The topological polar surface area (TPSA) is 57.7 Å². The molecule has 25 heavy (non-hydrogen) atoms. The zero-order valence-corrected chi connectivity index (χ0v) is 18.6. The smallest absolute Gasteiger partial charge is 0.191 e. The summed E-state index contributed by atoms with van der Waals surface area (Å²) in [6.07, 6.45) is 2.09. The van der Waals surface area contributed by atoms with E-state index >= 15 is 0 Å². The Hall–Kier alpha value is -0.860. The number of guanidine groups is 1.